The fourth-order valence-corrected chi connectivity index (χ4v) is 2.26. The van der Waals surface area contributed by atoms with Crippen molar-refractivity contribution in [1.82, 2.24) is 0 Å². The molecule has 0 spiro atoms. The van der Waals surface area contributed by atoms with Crippen LogP contribution >= 0.6 is 8.58 Å². The Balaban J connectivity index is 0.000000980. The zero-order chi connectivity index (χ0) is 8.93. The van der Waals surface area contributed by atoms with Crippen molar-refractivity contribution in [3.8, 4) is 0 Å². The van der Waals surface area contributed by atoms with Gasteiger partial charge in [-0.1, -0.05) is 69.2 Å². The Kier molecular flexibility index (Phi) is 5.04. The summed E-state index contributed by atoms with van der Waals surface area (Å²) in [6, 6.07) is 21.2. The van der Waals surface area contributed by atoms with Gasteiger partial charge in [-0.2, -0.15) is 0 Å². The second kappa shape index (κ2) is 6.09. The van der Waals surface area contributed by atoms with E-state index in [1.165, 1.54) is 10.6 Å². The van der Waals surface area contributed by atoms with Crippen LogP contribution in [-0.2, 0) is 20.1 Å². The van der Waals surface area contributed by atoms with Gasteiger partial charge in [0.2, 0.25) is 0 Å². The van der Waals surface area contributed by atoms with E-state index in [2.05, 4.69) is 60.7 Å². The first-order valence-electron chi connectivity index (χ1n) is 4.32. The van der Waals surface area contributed by atoms with Crippen molar-refractivity contribution in [3.05, 3.63) is 60.7 Å². The summed E-state index contributed by atoms with van der Waals surface area (Å²) < 4.78 is 0. The molecule has 0 N–H and O–H groups in total. The molecule has 0 amide bonds. The molecule has 2 aromatic carbocycles. The van der Waals surface area contributed by atoms with Crippen molar-refractivity contribution >= 4 is 19.2 Å². The van der Waals surface area contributed by atoms with Gasteiger partial charge < -0.3 is 0 Å². The van der Waals surface area contributed by atoms with Crippen molar-refractivity contribution < 1.29 is 20.1 Å². The normalized spacial score (nSPS) is 9.14. The predicted molar refractivity (Wildman–Crippen MR) is 60.5 cm³/mol. The topological polar surface area (TPSA) is 0 Å². The van der Waals surface area contributed by atoms with E-state index >= 15 is 0 Å². The van der Waals surface area contributed by atoms with Crippen LogP contribution in [0.25, 0.3) is 0 Å². The molecule has 2 heteroatoms. The summed E-state index contributed by atoms with van der Waals surface area (Å²) in [5, 5.41) is 2.79. The maximum atomic E-state index is 2.17. The van der Waals surface area contributed by atoms with E-state index in [1.54, 1.807) is 0 Å². The minimum Gasteiger partial charge on any atom is -0.0622 e. The van der Waals surface area contributed by atoms with Gasteiger partial charge >= 0.3 is 0 Å². The summed E-state index contributed by atoms with van der Waals surface area (Å²) in [5.74, 6) is 0. The maximum Gasteiger partial charge on any atom is 0 e. The molecule has 0 aliphatic carbocycles. The Morgan fingerprint density at radius 2 is 0.929 bits per heavy atom. The summed E-state index contributed by atoms with van der Waals surface area (Å²) in [7, 11) is 0.777. The first kappa shape index (κ1) is 11.6. The van der Waals surface area contributed by atoms with Crippen molar-refractivity contribution in [1.29, 1.82) is 0 Å². The third-order valence-corrected chi connectivity index (χ3v) is 3.08. The smallest absolute Gasteiger partial charge is 0 e. The van der Waals surface area contributed by atoms with Gasteiger partial charge in [0.05, 0.1) is 0 Å². The minimum absolute atomic E-state index is 0. The zero-order valence-electron chi connectivity index (χ0n) is 7.61. The van der Waals surface area contributed by atoms with Gasteiger partial charge in [0.1, 0.15) is 0 Å². The molecule has 0 aliphatic heterocycles. The zero-order valence-corrected chi connectivity index (χ0v) is 11.0. The van der Waals surface area contributed by atoms with E-state index in [4.69, 9.17) is 0 Å². The fourth-order valence-electron chi connectivity index (χ4n) is 1.21. The van der Waals surface area contributed by atoms with Crippen LogP contribution in [0.2, 0.25) is 0 Å². The summed E-state index contributed by atoms with van der Waals surface area (Å²) >= 11 is 0. The van der Waals surface area contributed by atoms with Crippen molar-refractivity contribution in [3.63, 3.8) is 0 Å². The van der Waals surface area contributed by atoms with Gasteiger partial charge in [-0.05, 0) is 10.6 Å². The molecule has 0 heterocycles. The SMILES string of the molecule is [Ir].c1ccc(Pc2ccccc2)cc1. The van der Waals surface area contributed by atoms with Crippen LogP contribution in [0.4, 0.5) is 0 Å². The quantitative estimate of drug-likeness (QED) is 0.704. The summed E-state index contributed by atoms with van der Waals surface area (Å²) in [5.41, 5.74) is 0. The molecule has 0 saturated carbocycles. The van der Waals surface area contributed by atoms with Gasteiger partial charge in [0.15, 0.2) is 0 Å². The number of hydrogen-bond donors (Lipinski definition) is 0. The molecule has 0 atom stereocenters. The molecular formula is C12H11IrP. The minimum atomic E-state index is 0. The Bertz CT molecular complexity index is 321. The van der Waals surface area contributed by atoms with Crippen LogP contribution in [0.1, 0.15) is 0 Å². The molecular weight excluding hydrogens is 367 g/mol. The van der Waals surface area contributed by atoms with E-state index in [-0.39, 0.29) is 20.1 Å². The number of benzene rings is 2. The van der Waals surface area contributed by atoms with Crippen LogP contribution in [0.5, 0.6) is 0 Å². The monoisotopic (exact) mass is 379 g/mol. The molecule has 0 nitrogen and oxygen atoms in total. The average molecular weight is 378 g/mol. The van der Waals surface area contributed by atoms with E-state index < -0.39 is 0 Å². The molecule has 14 heavy (non-hydrogen) atoms. The van der Waals surface area contributed by atoms with E-state index in [1.807, 2.05) is 0 Å². The third-order valence-electron chi connectivity index (χ3n) is 1.84. The van der Waals surface area contributed by atoms with Crippen LogP contribution in [0.15, 0.2) is 60.7 Å². The Hall–Kier alpha value is -0.481. The summed E-state index contributed by atoms with van der Waals surface area (Å²) in [6.07, 6.45) is 0. The molecule has 1 radical (unpaired) electrons. The summed E-state index contributed by atoms with van der Waals surface area (Å²) in [4.78, 5) is 0. The molecule has 0 bridgehead atoms. The average Bonchev–Trinajstić information content (AvgIpc) is 2.21. The van der Waals surface area contributed by atoms with Gasteiger partial charge in [-0.15, -0.1) is 0 Å². The second-order valence-electron chi connectivity index (χ2n) is 2.86. The van der Waals surface area contributed by atoms with Crippen molar-refractivity contribution in [2.45, 2.75) is 0 Å². The molecule has 0 unspecified atom stereocenters. The molecule has 0 aromatic heterocycles. The van der Waals surface area contributed by atoms with E-state index in [9.17, 15) is 0 Å². The first-order valence-corrected chi connectivity index (χ1v) is 5.32. The third kappa shape index (κ3) is 3.35. The van der Waals surface area contributed by atoms with Gasteiger partial charge in [-0.25, -0.2) is 0 Å². The van der Waals surface area contributed by atoms with Gasteiger partial charge in [0.25, 0.3) is 0 Å². The Morgan fingerprint density at radius 1 is 0.571 bits per heavy atom. The molecule has 2 aromatic rings. The second-order valence-corrected chi connectivity index (χ2v) is 4.26. The van der Waals surface area contributed by atoms with Gasteiger partial charge in [0, 0.05) is 20.1 Å². The van der Waals surface area contributed by atoms with Crippen LogP contribution in [-0.4, -0.2) is 0 Å². The molecule has 0 aliphatic rings. The van der Waals surface area contributed by atoms with Crippen LogP contribution in [0.3, 0.4) is 0 Å². The molecule has 0 saturated heterocycles. The molecule has 2 rings (SSSR count). The van der Waals surface area contributed by atoms with Crippen molar-refractivity contribution in [2.24, 2.45) is 0 Å². The molecule has 0 fully saturated rings. The number of hydrogen-bond acceptors (Lipinski definition) is 0. The first-order chi connectivity index (χ1) is 6.45. The number of rotatable bonds is 2. The van der Waals surface area contributed by atoms with E-state index in [0.29, 0.717) is 0 Å². The predicted octanol–water partition coefficient (Wildman–Crippen LogP) is 2.31. The standard InChI is InChI=1S/C12H11P.Ir/c1-3-7-11(8-4-1)13-12-9-5-2-6-10-12;/h1-10,13H;. The molecule has 73 valence electrons. The van der Waals surface area contributed by atoms with Crippen LogP contribution < -0.4 is 10.6 Å². The largest absolute Gasteiger partial charge is 0.0622 e. The Labute approximate surface area is 99.9 Å². The van der Waals surface area contributed by atoms with Crippen molar-refractivity contribution in [2.75, 3.05) is 0 Å². The van der Waals surface area contributed by atoms with Crippen LogP contribution in [0, 0.1) is 0 Å². The summed E-state index contributed by atoms with van der Waals surface area (Å²) in [6.45, 7) is 0. The van der Waals surface area contributed by atoms with Gasteiger partial charge in [-0.3, -0.25) is 0 Å². The maximum absolute atomic E-state index is 2.17. The fraction of sp³-hybridized carbons (Fsp3) is 0. The van der Waals surface area contributed by atoms with E-state index in [0.717, 1.165) is 8.58 Å². The Morgan fingerprint density at radius 3 is 1.29 bits per heavy atom.